The van der Waals surface area contributed by atoms with Gasteiger partial charge < -0.3 is 15.2 Å². The quantitative estimate of drug-likeness (QED) is 0.695. The molecule has 1 saturated heterocycles. The summed E-state index contributed by atoms with van der Waals surface area (Å²) in [6, 6.07) is 11.9. The zero-order valence-electron chi connectivity index (χ0n) is 16.6. The van der Waals surface area contributed by atoms with Crippen LogP contribution in [0.2, 0.25) is 0 Å². The number of amides is 1. The van der Waals surface area contributed by atoms with Gasteiger partial charge >= 0.3 is 0 Å². The Labute approximate surface area is 174 Å². The predicted octanol–water partition coefficient (Wildman–Crippen LogP) is 2.53. The number of anilines is 1. The van der Waals surface area contributed by atoms with Gasteiger partial charge in [-0.1, -0.05) is 12.1 Å². The summed E-state index contributed by atoms with van der Waals surface area (Å²) >= 11 is 0. The maximum atomic E-state index is 11.6. The van der Waals surface area contributed by atoms with E-state index in [0.717, 1.165) is 53.8 Å². The second kappa shape index (κ2) is 8.01. The minimum Gasteiger partial charge on any atom is -0.488 e. The summed E-state index contributed by atoms with van der Waals surface area (Å²) in [5.41, 5.74) is 4.86. The van der Waals surface area contributed by atoms with Crippen LogP contribution in [0.3, 0.4) is 0 Å². The highest BCUT2D eigenvalue weighted by atomic mass is 16.5. The third-order valence-electron chi connectivity index (χ3n) is 5.81. The van der Waals surface area contributed by atoms with Crippen LogP contribution < -0.4 is 10.1 Å². The minimum absolute atomic E-state index is 0.0349. The molecule has 7 heteroatoms. The van der Waals surface area contributed by atoms with Gasteiger partial charge in [-0.15, -0.1) is 0 Å². The van der Waals surface area contributed by atoms with Crippen LogP contribution in [0, 0.1) is 0 Å². The van der Waals surface area contributed by atoms with Crippen molar-refractivity contribution in [2.75, 3.05) is 18.4 Å². The fourth-order valence-corrected chi connectivity index (χ4v) is 4.22. The number of ether oxygens (including phenoxy) is 1. The van der Waals surface area contributed by atoms with Gasteiger partial charge in [-0.25, -0.2) is 0 Å². The molecule has 0 spiro atoms. The Morgan fingerprint density at radius 3 is 2.83 bits per heavy atom. The first-order chi connectivity index (χ1) is 14.6. The van der Waals surface area contributed by atoms with E-state index in [9.17, 15) is 9.90 Å². The van der Waals surface area contributed by atoms with E-state index in [1.165, 1.54) is 0 Å². The predicted molar refractivity (Wildman–Crippen MR) is 113 cm³/mol. The molecule has 1 aromatic heterocycles. The number of β-amino-alcohol motifs (C(OH)–C–C–N with tert-alkyl or cyclic N) is 1. The lowest BCUT2D eigenvalue weighted by atomic mass is 10.0. The fraction of sp³-hybridized carbons (Fsp3) is 0.348. The summed E-state index contributed by atoms with van der Waals surface area (Å²) in [4.78, 5) is 22.5. The number of hydrogen-bond acceptors (Lipinski definition) is 6. The highest BCUT2D eigenvalue weighted by molar-refractivity contribution is 5.94. The standard InChI is InChI=1S/C23H24N4O3/c28-21-14-27(13-15-1-5-18-20(11-15)25-9-8-24-18)10-7-22(21)30-17-4-2-16-3-6-23(29)26-19(16)12-17/h1-2,4-5,8-9,11-12,21-22,28H,3,6-7,10,13-14H2,(H,26,29)/t21-,22-/m1/s1. The van der Waals surface area contributed by atoms with E-state index in [4.69, 9.17) is 4.74 Å². The molecule has 2 aliphatic rings. The molecule has 7 nitrogen and oxygen atoms in total. The van der Waals surface area contributed by atoms with Gasteiger partial charge in [0, 0.05) is 50.2 Å². The molecule has 154 valence electrons. The molecule has 0 bridgehead atoms. The van der Waals surface area contributed by atoms with Crippen LogP contribution in [0.15, 0.2) is 48.8 Å². The van der Waals surface area contributed by atoms with Crippen molar-refractivity contribution in [2.24, 2.45) is 0 Å². The van der Waals surface area contributed by atoms with E-state index in [-0.39, 0.29) is 12.0 Å². The Bertz CT molecular complexity index is 1090. The number of aromatic nitrogens is 2. The molecule has 0 aliphatic carbocycles. The normalized spacial score (nSPS) is 21.8. The topological polar surface area (TPSA) is 87.6 Å². The number of carbonyl (C=O) groups is 1. The summed E-state index contributed by atoms with van der Waals surface area (Å²) < 4.78 is 6.08. The number of nitrogens with zero attached hydrogens (tertiary/aromatic N) is 3. The number of rotatable bonds is 4. The number of likely N-dealkylation sites (tertiary alicyclic amines) is 1. The molecule has 0 unspecified atom stereocenters. The lowest BCUT2D eigenvalue weighted by Gasteiger charge is -2.36. The summed E-state index contributed by atoms with van der Waals surface area (Å²) in [6.07, 6.45) is 4.56. The monoisotopic (exact) mass is 404 g/mol. The summed E-state index contributed by atoms with van der Waals surface area (Å²) in [5, 5.41) is 13.6. The zero-order chi connectivity index (χ0) is 20.5. The van der Waals surface area contributed by atoms with E-state index >= 15 is 0 Å². The lowest BCUT2D eigenvalue weighted by molar-refractivity contribution is -0.116. The molecule has 2 aromatic carbocycles. The number of piperidine rings is 1. The highest BCUT2D eigenvalue weighted by Crippen LogP contribution is 2.29. The Balaban J connectivity index is 1.21. The maximum Gasteiger partial charge on any atom is 0.224 e. The Morgan fingerprint density at radius 1 is 1.10 bits per heavy atom. The Hall–Kier alpha value is -3.03. The van der Waals surface area contributed by atoms with Gasteiger partial charge in [-0.3, -0.25) is 19.7 Å². The second-order valence-corrected chi connectivity index (χ2v) is 7.99. The molecule has 30 heavy (non-hydrogen) atoms. The third kappa shape index (κ3) is 3.99. The smallest absolute Gasteiger partial charge is 0.224 e. The van der Waals surface area contributed by atoms with Crippen molar-refractivity contribution in [3.05, 3.63) is 59.9 Å². The first kappa shape index (κ1) is 19.0. The van der Waals surface area contributed by atoms with Crippen LogP contribution in [0.1, 0.15) is 24.0 Å². The van der Waals surface area contributed by atoms with Gasteiger partial charge in [0.05, 0.1) is 11.0 Å². The summed E-state index contributed by atoms with van der Waals surface area (Å²) in [5.74, 6) is 0.717. The maximum absolute atomic E-state index is 11.6. The highest BCUT2D eigenvalue weighted by Gasteiger charge is 2.29. The average Bonchev–Trinajstić information content (AvgIpc) is 2.75. The number of carbonyl (C=O) groups excluding carboxylic acids is 1. The average molecular weight is 404 g/mol. The fourth-order valence-electron chi connectivity index (χ4n) is 4.22. The van der Waals surface area contributed by atoms with Crippen molar-refractivity contribution in [2.45, 2.75) is 38.0 Å². The van der Waals surface area contributed by atoms with E-state index in [1.807, 2.05) is 24.3 Å². The van der Waals surface area contributed by atoms with Crippen LogP contribution in [0.5, 0.6) is 5.75 Å². The Morgan fingerprint density at radius 2 is 1.97 bits per heavy atom. The molecule has 0 saturated carbocycles. The molecule has 0 radical (unpaired) electrons. The van der Waals surface area contributed by atoms with Crippen molar-refractivity contribution in [3.8, 4) is 5.75 Å². The number of fused-ring (bicyclic) bond motifs is 2. The van der Waals surface area contributed by atoms with Crippen molar-refractivity contribution in [3.63, 3.8) is 0 Å². The SMILES string of the molecule is O=C1CCc2ccc(O[C@@H]3CCN(Cc4ccc5nccnc5c4)C[C@H]3O)cc2N1. The van der Waals surface area contributed by atoms with E-state index < -0.39 is 6.10 Å². The molecule has 2 aliphatic heterocycles. The lowest BCUT2D eigenvalue weighted by Crippen LogP contribution is -2.48. The molecule has 3 heterocycles. The largest absolute Gasteiger partial charge is 0.488 e. The van der Waals surface area contributed by atoms with Crippen molar-refractivity contribution < 1.29 is 14.6 Å². The molecule has 2 N–H and O–H groups in total. The molecular weight excluding hydrogens is 380 g/mol. The van der Waals surface area contributed by atoms with Gasteiger partial charge in [-0.2, -0.15) is 0 Å². The molecule has 1 amide bonds. The molecule has 2 atom stereocenters. The van der Waals surface area contributed by atoms with Gasteiger partial charge in [-0.05, 0) is 42.2 Å². The van der Waals surface area contributed by atoms with Crippen LogP contribution in [-0.4, -0.2) is 51.2 Å². The zero-order valence-corrected chi connectivity index (χ0v) is 16.6. The van der Waals surface area contributed by atoms with Crippen LogP contribution >= 0.6 is 0 Å². The van der Waals surface area contributed by atoms with Crippen LogP contribution in [0.25, 0.3) is 11.0 Å². The number of nitrogens with one attached hydrogen (secondary N) is 1. The van der Waals surface area contributed by atoms with Crippen molar-refractivity contribution in [1.82, 2.24) is 14.9 Å². The van der Waals surface area contributed by atoms with Gasteiger partial charge in [0.1, 0.15) is 18.0 Å². The van der Waals surface area contributed by atoms with Gasteiger partial charge in [0.15, 0.2) is 0 Å². The number of aliphatic hydroxyl groups is 1. The molecule has 5 rings (SSSR count). The van der Waals surface area contributed by atoms with Crippen molar-refractivity contribution in [1.29, 1.82) is 0 Å². The number of hydrogen-bond donors (Lipinski definition) is 2. The molecular formula is C23H24N4O3. The van der Waals surface area contributed by atoms with E-state index in [2.05, 4.69) is 32.3 Å². The number of benzene rings is 2. The summed E-state index contributed by atoms with van der Waals surface area (Å²) in [6.45, 7) is 2.13. The van der Waals surface area contributed by atoms with Crippen molar-refractivity contribution >= 4 is 22.6 Å². The van der Waals surface area contributed by atoms with E-state index in [1.54, 1.807) is 12.4 Å². The number of aliphatic hydroxyl groups excluding tert-OH is 1. The van der Waals surface area contributed by atoms with E-state index in [0.29, 0.717) is 18.7 Å². The third-order valence-corrected chi connectivity index (χ3v) is 5.81. The molecule has 3 aromatic rings. The van der Waals surface area contributed by atoms with Crippen LogP contribution in [0.4, 0.5) is 5.69 Å². The second-order valence-electron chi connectivity index (χ2n) is 7.99. The number of aryl methyl sites for hydroxylation is 1. The van der Waals surface area contributed by atoms with Gasteiger partial charge in [0.25, 0.3) is 0 Å². The minimum atomic E-state index is -0.579. The van der Waals surface area contributed by atoms with Crippen LogP contribution in [-0.2, 0) is 17.8 Å². The first-order valence-electron chi connectivity index (χ1n) is 10.3. The van der Waals surface area contributed by atoms with Gasteiger partial charge in [0.2, 0.25) is 5.91 Å². The Kier molecular flexibility index (Phi) is 5.06. The first-order valence-corrected chi connectivity index (χ1v) is 10.3. The molecule has 1 fully saturated rings. The summed E-state index contributed by atoms with van der Waals surface area (Å²) in [7, 11) is 0.